The fourth-order valence-corrected chi connectivity index (χ4v) is 0.539. The lowest BCUT2D eigenvalue weighted by Crippen LogP contribution is -2.35. The molecule has 1 atom stereocenters. The first kappa shape index (κ1) is 13.9. The van der Waals surface area contributed by atoms with Gasteiger partial charge in [-0.15, -0.1) is 0 Å². The summed E-state index contributed by atoms with van der Waals surface area (Å²) in [6, 6.07) is 0. The summed E-state index contributed by atoms with van der Waals surface area (Å²) in [6.45, 7) is 0. The minimum Gasteiger partial charge on any atom is -0.453 e. The van der Waals surface area contributed by atoms with Gasteiger partial charge in [0.15, 0.2) is 0 Å². The van der Waals surface area contributed by atoms with Crippen molar-refractivity contribution in [3.05, 3.63) is 0 Å². The fourth-order valence-electron chi connectivity index (χ4n) is 0.325. The molecule has 0 bridgehead atoms. The first-order chi connectivity index (χ1) is 6.27. The van der Waals surface area contributed by atoms with Gasteiger partial charge in [-0.3, -0.25) is 0 Å². The Labute approximate surface area is 99.5 Å². The molecule has 9 heteroatoms. The Morgan fingerprint density at radius 3 is 2.14 bits per heavy atom. The minimum absolute atomic E-state index is 1.01. The molecule has 0 rings (SSSR count). The van der Waals surface area contributed by atoms with Gasteiger partial charge >= 0.3 is 12.2 Å². The highest BCUT2D eigenvalue weighted by atomic mass is 35.6. The van der Waals surface area contributed by atoms with Gasteiger partial charge in [0.2, 0.25) is 9.36 Å². The van der Waals surface area contributed by atoms with Crippen LogP contribution >= 0.6 is 46.4 Å². The van der Waals surface area contributed by atoms with Crippen molar-refractivity contribution in [3.8, 4) is 0 Å². The summed E-state index contributed by atoms with van der Waals surface area (Å²) in [5, 5.41) is 1.65. The molecule has 0 spiro atoms. The van der Waals surface area contributed by atoms with E-state index in [1.807, 2.05) is 0 Å². The van der Waals surface area contributed by atoms with Gasteiger partial charge in [0.1, 0.15) is 0 Å². The van der Waals surface area contributed by atoms with Crippen molar-refractivity contribution in [3.63, 3.8) is 0 Å². The molecule has 1 unspecified atom stereocenters. The van der Waals surface area contributed by atoms with Gasteiger partial charge in [0, 0.05) is 0 Å². The molecule has 0 heterocycles. The second kappa shape index (κ2) is 5.70. The van der Waals surface area contributed by atoms with Gasteiger partial charge in [-0.05, 0) is 0 Å². The average Bonchev–Trinajstić information content (AvgIpc) is 2.02. The fraction of sp³-hybridized carbons (Fsp3) is 0.600. The summed E-state index contributed by atoms with van der Waals surface area (Å²) >= 11 is 21.2. The van der Waals surface area contributed by atoms with Crippen LogP contribution in [0.3, 0.4) is 0 Å². The molecular formula is C5H5Cl4NO4. The number of hydrogen-bond acceptors (Lipinski definition) is 4. The van der Waals surface area contributed by atoms with Crippen molar-refractivity contribution in [2.75, 3.05) is 7.11 Å². The summed E-state index contributed by atoms with van der Waals surface area (Å²) in [6.07, 6.45) is -2.19. The summed E-state index contributed by atoms with van der Waals surface area (Å²) < 4.78 is 6.42. The van der Waals surface area contributed by atoms with Crippen LogP contribution in [0.5, 0.6) is 0 Å². The van der Waals surface area contributed by atoms with Crippen molar-refractivity contribution in [2.24, 2.45) is 0 Å². The first-order valence-corrected chi connectivity index (χ1v) is 4.60. The molecule has 0 aliphatic rings. The van der Waals surface area contributed by atoms with Gasteiger partial charge in [0.05, 0.1) is 7.11 Å². The van der Waals surface area contributed by atoms with Crippen LogP contribution in [-0.4, -0.2) is 28.7 Å². The van der Waals surface area contributed by atoms with Crippen LogP contribution in [0.2, 0.25) is 0 Å². The second-order valence-electron chi connectivity index (χ2n) is 1.88. The molecular weight excluding hydrogens is 280 g/mol. The monoisotopic (exact) mass is 283 g/mol. The van der Waals surface area contributed by atoms with Gasteiger partial charge in [-0.1, -0.05) is 46.4 Å². The molecule has 0 aromatic heterocycles. The molecule has 0 aromatic carbocycles. The first-order valence-electron chi connectivity index (χ1n) is 3.03. The van der Waals surface area contributed by atoms with E-state index < -0.39 is 21.5 Å². The number of alkyl carbamates (subject to hydrolysis) is 2. The predicted molar refractivity (Wildman–Crippen MR) is 52.0 cm³/mol. The Morgan fingerprint density at radius 1 is 1.29 bits per heavy atom. The molecule has 0 aliphatic carbocycles. The van der Waals surface area contributed by atoms with Crippen LogP contribution in [0, 0.1) is 0 Å². The van der Waals surface area contributed by atoms with Gasteiger partial charge in [0.25, 0.3) is 0 Å². The third kappa shape index (κ3) is 5.59. The maximum Gasteiger partial charge on any atom is 0.418 e. The van der Waals surface area contributed by atoms with Crippen molar-refractivity contribution in [1.82, 2.24) is 5.32 Å². The Hall–Kier alpha value is -0.100. The van der Waals surface area contributed by atoms with E-state index in [2.05, 4.69) is 9.47 Å². The van der Waals surface area contributed by atoms with Crippen molar-refractivity contribution < 1.29 is 19.1 Å². The molecule has 82 valence electrons. The van der Waals surface area contributed by atoms with E-state index in [9.17, 15) is 9.59 Å². The number of halogens is 4. The third-order valence-electron chi connectivity index (χ3n) is 0.857. The number of imide groups is 1. The van der Waals surface area contributed by atoms with Crippen molar-refractivity contribution in [1.29, 1.82) is 0 Å². The normalized spacial score (nSPS) is 12.9. The molecule has 0 aliphatic heterocycles. The van der Waals surface area contributed by atoms with E-state index in [1.165, 1.54) is 0 Å². The molecule has 0 saturated carbocycles. The second-order valence-corrected chi connectivity index (χ2v) is 4.64. The zero-order chi connectivity index (χ0) is 11.4. The molecule has 1 N–H and O–H groups in total. The van der Waals surface area contributed by atoms with Gasteiger partial charge < -0.3 is 9.47 Å². The smallest absolute Gasteiger partial charge is 0.418 e. The maximum absolute atomic E-state index is 10.8. The lowest BCUT2D eigenvalue weighted by atomic mass is 10.8. The van der Waals surface area contributed by atoms with E-state index in [0.29, 0.717) is 0 Å². The molecule has 0 aromatic rings. The van der Waals surface area contributed by atoms with E-state index in [-0.39, 0.29) is 0 Å². The molecule has 14 heavy (non-hydrogen) atoms. The van der Waals surface area contributed by atoms with Gasteiger partial charge in [-0.2, -0.15) is 0 Å². The molecule has 0 radical (unpaired) electrons. The number of hydrogen-bond donors (Lipinski definition) is 1. The van der Waals surface area contributed by atoms with Crippen LogP contribution in [0.4, 0.5) is 9.59 Å². The van der Waals surface area contributed by atoms with E-state index in [0.717, 1.165) is 7.11 Å². The van der Waals surface area contributed by atoms with Gasteiger partial charge in [-0.25, -0.2) is 14.9 Å². The van der Waals surface area contributed by atoms with Crippen molar-refractivity contribution in [2.45, 2.75) is 9.36 Å². The van der Waals surface area contributed by atoms with Crippen molar-refractivity contribution >= 4 is 58.6 Å². The lowest BCUT2D eigenvalue weighted by molar-refractivity contribution is 0.125. The van der Waals surface area contributed by atoms with Crippen LogP contribution in [0.15, 0.2) is 0 Å². The molecule has 0 saturated heterocycles. The number of ether oxygens (including phenoxy) is 2. The zero-order valence-electron chi connectivity index (χ0n) is 6.72. The predicted octanol–water partition coefficient (Wildman–Crippen LogP) is 2.41. The highest BCUT2D eigenvalue weighted by Gasteiger charge is 2.34. The standard InChI is InChI=1S/C5H5Cl4NO4/c1-13-3(11)10-4(12)14-2(6)5(7,8)9/h2H,1H3,(H,10,11,12). The number of carbonyl (C=O) groups is 2. The number of nitrogens with one attached hydrogen (secondary N) is 1. The highest BCUT2D eigenvalue weighted by molar-refractivity contribution is 6.70. The number of rotatable bonds is 1. The Morgan fingerprint density at radius 2 is 1.79 bits per heavy atom. The van der Waals surface area contributed by atoms with E-state index in [4.69, 9.17) is 46.4 Å². The quantitative estimate of drug-likeness (QED) is 0.751. The maximum atomic E-state index is 10.8. The summed E-state index contributed by atoms with van der Waals surface area (Å²) in [7, 11) is 1.07. The molecule has 0 fully saturated rings. The third-order valence-corrected chi connectivity index (χ3v) is 2.20. The van der Waals surface area contributed by atoms with Crippen LogP contribution in [0.25, 0.3) is 0 Å². The van der Waals surface area contributed by atoms with E-state index in [1.54, 1.807) is 5.32 Å². The number of carbonyl (C=O) groups excluding carboxylic acids is 2. The van der Waals surface area contributed by atoms with Crippen LogP contribution in [-0.2, 0) is 9.47 Å². The lowest BCUT2D eigenvalue weighted by Gasteiger charge is -2.17. The van der Waals surface area contributed by atoms with E-state index >= 15 is 0 Å². The zero-order valence-corrected chi connectivity index (χ0v) is 9.75. The Kier molecular flexibility index (Phi) is 5.66. The number of alkyl halides is 4. The number of amides is 2. The average molecular weight is 285 g/mol. The minimum atomic E-state index is -1.98. The van der Waals surface area contributed by atoms with Crippen LogP contribution in [0.1, 0.15) is 0 Å². The SMILES string of the molecule is COC(=O)NC(=O)OC(Cl)C(Cl)(Cl)Cl. The summed E-state index contributed by atoms with van der Waals surface area (Å²) in [4.78, 5) is 21.3. The largest absolute Gasteiger partial charge is 0.453 e. The Balaban J connectivity index is 4.01. The highest BCUT2D eigenvalue weighted by Crippen LogP contribution is 2.34. The summed E-state index contributed by atoms with van der Waals surface area (Å²) in [5.74, 6) is 0. The molecule has 5 nitrogen and oxygen atoms in total. The van der Waals surface area contributed by atoms with Crippen LogP contribution < -0.4 is 5.32 Å². The topological polar surface area (TPSA) is 64.6 Å². The summed E-state index contributed by atoms with van der Waals surface area (Å²) in [5.41, 5.74) is -1.52. The molecule has 2 amide bonds. The number of methoxy groups -OCH3 is 1. The Bertz CT molecular complexity index is 228.